The standard InChI is InChI=1S/C41H53NO10.C40H51NO10/c1-7-33-24(2)18-19-40(52-33)22-31-21-30(51-40)17-16-26(4)36(50-39(45)34(42-47-6)28-13-9-8-10-14-28)25(3)12-11-15-29-23-48-37-35(43)27(5)20-32(38(44)49-31)41(29,37)46;1-23-17-18-39(50-27(23)5)21-31-20-30(51-39)16-15-25(3)35(49-38(44)33(41-46-6)28-12-8-7-9-13-28)24(2)11-10-14-29-22-47-36-34(42)26(4)19-32(37(43)48-31)40(29,36)45/h8-16,20,24-25,30-33,35-37,43,46H,7,17-19,21-23H2,1-6H3;7-15,19,23-24,27,30-32,34-36,42,45H,16-18,20-22H2,1-6H3/b12-11+,26-16+,29-15+,42-34-;11-10+,25-15+,29-14+,41-33-/t24-,25-,30+,31-,32-,33+,35+,36+,37+,40?,41+;23-,24-,27+,30+,31-,32-,34+,35+,36+,39?,40+/m00/s1. The van der Waals surface area contributed by atoms with E-state index in [0.29, 0.717) is 96.6 Å². The van der Waals surface area contributed by atoms with E-state index in [2.05, 4.69) is 31.1 Å². The number of aliphatic hydroxyl groups is 4. The van der Waals surface area contributed by atoms with Gasteiger partial charge in [0.05, 0.1) is 37.6 Å². The van der Waals surface area contributed by atoms with E-state index in [-0.39, 0.29) is 60.9 Å². The van der Waals surface area contributed by atoms with E-state index in [1.54, 1.807) is 86.7 Å². The predicted molar refractivity (Wildman–Crippen MR) is 381 cm³/mol. The Kier molecular flexibility index (Phi) is 24.4. The minimum absolute atomic E-state index is 0.00166. The van der Waals surface area contributed by atoms with E-state index in [9.17, 15) is 39.6 Å². The third kappa shape index (κ3) is 16.4. The van der Waals surface area contributed by atoms with Crippen molar-refractivity contribution in [1.82, 2.24) is 0 Å². The lowest BCUT2D eigenvalue weighted by Crippen LogP contribution is -2.58. The van der Waals surface area contributed by atoms with Crippen LogP contribution >= 0.6 is 0 Å². The van der Waals surface area contributed by atoms with Crippen LogP contribution in [-0.4, -0.2) is 179 Å². The minimum Gasteiger partial charge on any atom is -0.462 e. The maximum Gasteiger partial charge on any atom is 0.361 e. The van der Waals surface area contributed by atoms with Crippen LogP contribution in [0.1, 0.15) is 151 Å². The normalized spacial score (nSPS) is 41.3. The minimum atomic E-state index is -1.84. The molecule has 8 aliphatic heterocycles. The summed E-state index contributed by atoms with van der Waals surface area (Å²) in [5.74, 6) is -6.50. The molecule has 2 aliphatic carbocycles. The van der Waals surface area contributed by atoms with Crippen LogP contribution in [-0.2, 0) is 76.2 Å². The van der Waals surface area contributed by atoms with Crippen molar-refractivity contribution in [2.24, 2.45) is 45.8 Å². The smallest absolute Gasteiger partial charge is 0.361 e. The van der Waals surface area contributed by atoms with Gasteiger partial charge in [0.2, 0.25) is 0 Å². The van der Waals surface area contributed by atoms with Crippen LogP contribution in [0.2, 0.25) is 0 Å². The van der Waals surface area contributed by atoms with Gasteiger partial charge in [0, 0.05) is 61.5 Å². The highest BCUT2D eigenvalue weighted by molar-refractivity contribution is 6.43. The van der Waals surface area contributed by atoms with Crippen LogP contribution in [0.15, 0.2) is 165 Å². The summed E-state index contributed by atoms with van der Waals surface area (Å²) in [7, 11) is 2.76. The highest BCUT2D eigenvalue weighted by Gasteiger charge is 2.62. The molecule has 8 heterocycles. The van der Waals surface area contributed by atoms with Crippen LogP contribution in [0, 0.1) is 35.5 Å². The number of rotatable bonds is 9. The molecular weight excluding hydrogens is 1320 g/mol. The highest BCUT2D eigenvalue weighted by Crippen LogP contribution is 2.50. The molecule has 0 saturated carbocycles. The maximum atomic E-state index is 14.1. The van der Waals surface area contributed by atoms with Crippen molar-refractivity contribution in [3.63, 3.8) is 0 Å². The number of benzene rings is 2. The first-order valence-electron chi connectivity index (χ1n) is 36.6. The number of hydrogen-bond acceptors (Lipinski definition) is 22. The SMILES string of the molecule is CC[C@H]1OC2(CC[C@@H]1C)C[C@@H]1C[C@@H](C/C=C(\C)[C@H](OC(=O)/C(=N\OC)c3ccccc3)[C@@H](C)/C=C/C=C3\CO[C@@H]4[C@H](O)C(C)=C[C@@H](C(=O)O1)[C@]34O)O2.CO/N=C(\C(=O)O[C@H]1/C(C)=C/C[C@@H]2C[C@@H](CC3(CC[C@H](C)[C@@H](C)O3)O2)OC(=O)[C@@H]2C=C(C)[C@@H](O)[C@H]3OC/C(=C\C=C\[C@@H]1C)[C@]32O)c1ccccc1. The molecule has 2 aromatic rings. The molecule has 0 radical (unpaired) electrons. The van der Waals surface area contributed by atoms with Gasteiger partial charge in [-0.05, 0) is 112 Å². The third-order valence-corrected chi connectivity index (χ3v) is 22.6. The lowest BCUT2D eigenvalue weighted by Gasteiger charge is -2.50. The van der Waals surface area contributed by atoms with Gasteiger partial charge in [-0.1, -0.05) is 166 Å². The number of nitrogens with zero attached hydrogens (tertiary/aromatic N) is 2. The second-order valence-electron chi connectivity index (χ2n) is 29.9. The Balaban J connectivity index is 0.000000207. The number of aliphatic hydroxyl groups excluding tert-OH is 2. The number of carbonyl (C=O) groups excluding carboxylic acids is 4. The average Bonchev–Trinajstić information content (AvgIpc) is 1.64. The van der Waals surface area contributed by atoms with Gasteiger partial charge in [-0.25, -0.2) is 9.59 Å². The Hall–Kier alpha value is -7.22. The van der Waals surface area contributed by atoms with Crippen molar-refractivity contribution in [3.8, 4) is 0 Å². The van der Waals surface area contributed by atoms with Crippen molar-refractivity contribution < 1.29 is 96.6 Å². The molecule has 12 rings (SSSR count). The zero-order valence-corrected chi connectivity index (χ0v) is 61.3. The summed E-state index contributed by atoms with van der Waals surface area (Å²) in [5.41, 5.74) is 1.06. The van der Waals surface area contributed by atoms with E-state index < -0.39 is 107 Å². The summed E-state index contributed by atoms with van der Waals surface area (Å²) in [6, 6.07) is 18.0. The van der Waals surface area contributed by atoms with Gasteiger partial charge in [0.15, 0.2) is 23.0 Å². The first-order chi connectivity index (χ1) is 49.2. The zero-order chi connectivity index (χ0) is 73.7. The first kappa shape index (κ1) is 76.9. The van der Waals surface area contributed by atoms with Gasteiger partial charge in [-0.2, -0.15) is 0 Å². The summed E-state index contributed by atoms with van der Waals surface area (Å²) >= 11 is 0. The molecule has 4 N–H and O–H groups in total. The maximum absolute atomic E-state index is 14.1. The van der Waals surface area contributed by atoms with E-state index in [4.69, 9.17) is 57.0 Å². The van der Waals surface area contributed by atoms with Gasteiger partial charge in [0.1, 0.15) is 86.1 Å². The number of carbonyl (C=O) groups is 4. The molecule has 0 amide bonds. The quantitative estimate of drug-likeness (QED) is 0.0597. The molecule has 22 nitrogen and oxygen atoms in total. The van der Waals surface area contributed by atoms with E-state index in [1.807, 2.05) is 83.2 Å². The number of fused-ring (bicyclic) bond motifs is 4. The van der Waals surface area contributed by atoms with Crippen LogP contribution in [0.3, 0.4) is 0 Å². The number of ether oxygens (including phenoxy) is 10. The van der Waals surface area contributed by atoms with E-state index >= 15 is 0 Å². The average molecular weight is 1430 g/mol. The van der Waals surface area contributed by atoms with Crippen molar-refractivity contribution >= 4 is 35.3 Å². The van der Waals surface area contributed by atoms with Gasteiger partial charge in [-0.3, -0.25) is 9.59 Å². The van der Waals surface area contributed by atoms with Gasteiger partial charge >= 0.3 is 23.9 Å². The molecule has 2 aromatic carbocycles. The molecule has 2 unspecified atom stereocenters. The summed E-state index contributed by atoms with van der Waals surface area (Å²) in [6.45, 7) is 19.7. The molecule has 22 atom stereocenters. The molecule has 22 heteroatoms. The zero-order valence-electron chi connectivity index (χ0n) is 61.3. The summed E-state index contributed by atoms with van der Waals surface area (Å²) < 4.78 is 63.7. The van der Waals surface area contributed by atoms with Crippen LogP contribution < -0.4 is 0 Å². The molecule has 6 saturated heterocycles. The van der Waals surface area contributed by atoms with Gasteiger partial charge in [0.25, 0.3) is 0 Å². The third-order valence-electron chi connectivity index (χ3n) is 22.6. The van der Waals surface area contributed by atoms with E-state index in [1.165, 1.54) is 14.2 Å². The van der Waals surface area contributed by atoms with E-state index in [0.717, 1.165) is 30.4 Å². The fourth-order valence-corrected chi connectivity index (χ4v) is 16.5. The molecule has 2 spiro atoms. The molecule has 103 heavy (non-hydrogen) atoms. The molecule has 6 fully saturated rings. The lowest BCUT2D eigenvalue weighted by molar-refractivity contribution is -0.335. The molecule has 10 aliphatic rings. The second kappa shape index (κ2) is 32.7. The fraction of sp³-hybridized carbons (Fsp3) is 0.580. The molecule has 0 aromatic heterocycles. The van der Waals surface area contributed by atoms with Gasteiger partial charge < -0.3 is 77.5 Å². The second-order valence-corrected chi connectivity index (χ2v) is 29.9. The number of oxime groups is 2. The van der Waals surface area contributed by atoms with Crippen molar-refractivity contribution in [3.05, 3.63) is 166 Å². The fourth-order valence-electron chi connectivity index (χ4n) is 16.5. The predicted octanol–water partition coefficient (Wildman–Crippen LogP) is 10.6. The first-order valence-corrected chi connectivity index (χ1v) is 36.6. The number of hydrogen-bond donors (Lipinski definition) is 4. The van der Waals surface area contributed by atoms with Crippen molar-refractivity contribution in [1.29, 1.82) is 0 Å². The summed E-state index contributed by atoms with van der Waals surface area (Å²) in [5, 5.41) is 54.8. The Labute approximate surface area is 604 Å². The highest BCUT2D eigenvalue weighted by atomic mass is 16.7. The molecular formula is C81H104N2O20. The Morgan fingerprint density at radius 2 is 0.981 bits per heavy atom. The van der Waals surface area contributed by atoms with Gasteiger partial charge in [-0.15, -0.1) is 0 Å². The Bertz CT molecular complexity index is 3720. The van der Waals surface area contributed by atoms with Crippen molar-refractivity contribution in [2.45, 2.75) is 236 Å². The van der Waals surface area contributed by atoms with Crippen LogP contribution in [0.25, 0.3) is 0 Å². The lowest BCUT2D eigenvalue weighted by atomic mass is 9.71. The van der Waals surface area contributed by atoms with Crippen molar-refractivity contribution in [2.75, 3.05) is 27.4 Å². The topological polar surface area (TPSA) is 285 Å². The number of esters is 4. The summed E-state index contributed by atoms with van der Waals surface area (Å²) in [4.78, 5) is 65.7. The largest absolute Gasteiger partial charge is 0.462 e. The van der Waals surface area contributed by atoms with Crippen LogP contribution in [0.5, 0.6) is 0 Å². The Morgan fingerprint density at radius 3 is 1.39 bits per heavy atom. The summed E-state index contributed by atoms with van der Waals surface area (Å²) in [6.07, 6.45) is 16.7. The monoisotopic (exact) mass is 1420 g/mol. The number of allylic oxidation sites excluding steroid dienone is 4. The Morgan fingerprint density at radius 1 is 0.563 bits per heavy atom. The molecule has 558 valence electrons. The van der Waals surface area contributed by atoms with Crippen LogP contribution in [0.4, 0.5) is 0 Å². The molecule has 4 bridgehead atoms.